The third-order valence-electron chi connectivity index (χ3n) is 2.71. The quantitative estimate of drug-likeness (QED) is 0.664. The summed E-state index contributed by atoms with van der Waals surface area (Å²) in [5.41, 5.74) is 7.89. The number of aryl methyl sites for hydroxylation is 1. The summed E-state index contributed by atoms with van der Waals surface area (Å²) in [6.07, 6.45) is 0. The van der Waals surface area contributed by atoms with Crippen LogP contribution in [-0.2, 0) is 0 Å². The first-order valence-electron chi connectivity index (χ1n) is 5.35. The summed E-state index contributed by atoms with van der Waals surface area (Å²) in [6, 6.07) is 8.70. The van der Waals surface area contributed by atoms with Gasteiger partial charge in [-0.3, -0.25) is 4.79 Å². The SMILES string of the molecule is Cc1cc(C(=O)c2ccc(F)cc2Cl)ccc1N. The van der Waals surface area contributed by atoms with Gasteiger partial charge in [-0.2, -0.15) is 0 Å². The Kier molecular flexibility index (Phi) is 3.34. The highest BCUT2D eigenvalue weighted by atomic mass is 35.5. The van der Waals surface area contributed by atoms with Crippen molar-refractivity contribution in [3.63, 3.8) is 0 Å². The molecule has 92 valence electrons. The number of carbonyl (C=O) groups is 1. The molecule has 2 nitrogen and oxygen atoms in total. The minimum absolute atomic E-state index is 0.106. The van der Waals surface area contributed by atoms with Crippen molar-refractivity contribution in [3.05, 3.63) is 63.9 Å². The van der Waals surface area contributed by atoms with Gasteiger partial charge in [0, 0.05) is 16.8 Å². The summed E-state index contributed by atoms with van der Waals surface area (Å²) in [7, 11) is 0. The first kappa shape index (κ1) is 12.6. The molecule has 0 bridgehead atoms. The monoisotopic (exact) mass is 263 g/mol. The van der Waals surface area contributed by atoms with E-state index < -0.39 is 5.82 Å². The number of benzene rings is 2. The Labute approximate surface area is 109 Å². The van der Waals surface area contributed by atoms with Gasteiger partial charge in [-0.1, -0.05) is 11.6 Å². The molecule has 4 heteroatoms. The van der Waals surface area contributed by atoms with Crippen molar-refractivity contribution in [2.24, 2.45) is 0 Å². The van der Waals surface area contributed by atoms with E-state index in [2.05, 4.69) is 0 Å². The highest BCUT2D eigenvalue weighted by molar-refractivity contribution is 6.35. The number of rotatable bonds is 2. The van der Waals surface area contributed by atoms with E-state index in [0.29, 0.717) is 11.3 Å². The highest BCUT2D eigenvalue weighted by Crippen LogP contribution is 2.22. The minimum atomic E-state index is -0.468. The molecule has 18 heavy (non-hydrogen) atoms. The average molecular weight is 264 g/mol. The first-order chi connectivity index (χ1) is 8.49. The molecule has 0 unspecified atom stereocenters. The second-order valence-electron chi connectivity index (χ2n) is 4.02. The second-order valence-corrected chi connectivity index (χ2v) is 4.43. The van der Waals surface area contributed by atoms with Crippen molar-refractivity contribution in [1.82, 2.24) is 0 Å². The van der Waals surface area contributed by atoms with Crippen LogP contribution >= 0.6 is 11.6 Å². The molecule has 0 fully saturated rings. The van der Waals surface area contributed by atoms with E-state index in [0.717, 1.165) is 11.6 Å². The zero-order chi connectivity index (χ0) is 13.3. The fourth-order valence-electron chi connectivity index (χ4n) is 1.65. The number of carbonyl (C=O) groups excluding carboxylic acids is 1. The Morgan fingerprint density at radius 2 is 1.94 bits per heavy atom. The van der Waals surface area contributed by atoms with Crippen molar-refractivity contribution in [2.75, 3.05) is 5.73 Å². The Morgan fingerprint density at radius 3 is 2.56 bits per heavy atom. The molecule has 2 rings (SSSR count). The van der Waals surface area contributed by atoms with Gasteiger partial charge in [-0.05, 0) is 48.9 Å². The summed E-state index contributed by atoms with van der Waals surface area (Å²) < 4.78 is 12.9. The van der Waals surface area contributed by atoms with Gasteiger partial charge in [0.05, 0.1) is 5.02 Å². The van der Waals surface area contributed by atoms with E-state index in [-0.39, 0.29) is 16.4 Å². The molecule has 2 aromatic rings. The molecule has 0 amide bonds. The van der Waals surface area contributed by atoms with Crippen LogP contribution in [0, 0.1) is 12.7 Å². The van der Waals surface area contributed by atoms with Gasteiger partial charge >= 0.3 is 0 Å². The van der Waals surface area contributed by atoms with Crippen LogP contribution < -0.4 is 5.73 Å². The van der Waals surface area contributed by atoms with Crippen LogP contribution in [0.3, 0.4) is 0 Å². The zero-order valence-corrected chi connectivity index (χ0v) is 10.5. The lowest BCUT2D eigenvalue weighted by molar-refractivity contribution is 0.103. The van der Waals surface area contributed by atoms with Crippen molar-refractivity contribution >= 4 is 23.1 Å². The van der Waals surface area contributed by atoms with Gasteiger partial charge < -0.3 is 5.73 Å². The van der Waals surface area contributed by atoms with Crippen LogP contribution in [0.15, 0.2) is 36.4 Å². The molecule has 0 heterocycles. The number of nitrogens with two attached hydrogens (primary N) is 1. The maximum Gasteiger partial charge on any atom is 0.194 e. The zero-order valence-electron chi connectivity index (χ0n) is 9.71. The molecule has 0 saturated heterocycles. The number of nitrogen functional groups attached to an aromatic ring is 1. The summed E-state index contributed by atoms with van der Waals surface area (Å²) in [4.78, 5) is 12.2. The van der Waals surface area contributed by atoms with E-state index >= 15 is 0 Å². The minimum Gasteiger partial charge on any atom is -0.399 e. The van der Waals surface area contributed by atoms with E-state index in [1.54, 1.807) is 18.2 Å². The second kappa shape index (κ2) is 4.78. The fourth-order valence-corrected chi connectivity index (χ4v) is 1.90. The van der Waals surface area contributed by atoms with Gasteiger partial charge in [0.1, 0.15) is 5.82 Å². The van der Waals surface area contributed by atoms with Crippen molar-refractivity contribution in [2.45, 2.75) is 6.92 Å². The van der Waals surface area contributed by atoms with Gasteiger partial charge in [-0.25, -0.2) is 4.39 Å². The van der Waals surface area contributed by atoms with Crippen LogP contribution in [0.4, 0.5) is 10.1 Å². The molecule has 0 aliphatic rings. The topological polar surface area (TPSA) is 43.1 Å². The number of ketones is 1. The van der Waals surface area contributed by atoms with Gasteiger partial charge in [0.2, 0.25) is 0 Å². The maximum absolute atomic E-state index is 12.9. The molecule has 0 saturated carbocycles. The van der Waals surface area contributed by atoms with Crippen LogP contribution in [0.2, 0.25) is 5.02 Å². The van der Waals surface area contributed by atoms with Gasteiger partial charge in [-0.15, -0.1) is 0 Å². The summed E-state index contributed by atoms with van der Waals surface area (Å²) >= 11 is 5.86. The lowest BCUT2D eigenvalue weighted by Gasteiger charge is -2.06. The van der Waals surface area contributed by atoms with Crippen LogP contribution in [0.5, 0.6) is 0 Å². The van der Waals surface area contributed by atoms with Crippen molar-refractivity contribution in [1.29, 1.82) is 0 Å². The van der Waals surface area contributed by atoms with Crippen molar-refractivity contribution < 1.29 is 9.18 Å². The molecular weight excluding hydrogens is 253 g/mol. The third-order valence-corrected chi connectivity index (χ3v) is 3.02. The molecule has 0 aliphatic heterocycles. The molecule has 0 spiro atoms. The lowest BCUT2D eigenvalue weighted by atomic mass is 10.0. The number of hydrogen-bond acceptors (Lipinski definition) is 2. The Bertz CT molecular complexity index is 625. The third kappa shape index (κ3) is 2.36. The van der Waals surface area contributed by atoms with E-state index in [1.165, 1.54) is 12.1 Å². The smallest absolute Gasteiger partial charge is 0.194 e. The summed E-state index contributed by atoms with van der Waals surface area (Å²) in [6.45, 7) is 1.82. The largest absolute Gasteiger partial charge is 0.399 e. The standard InChI is InChI=1S/C14H11ClFNO/c1-8-6-9(2-5-13(8)17)14(18)11-4-3-10(16)7-12(11)15/h2-7H,17H2,1H3. The normalized spacial score (nSPS) is 10.4. The van der Waals surface area contributed by atoms with Gasteiger partial charge in [0.25, 0.3) is 0 Å². The molecule has 0 atom stereocenters. The summed E-state index contributed by atoms with van der Waals surface area (Å²) in [5, 5.41) is 0.106. The molecule has 0 radical (unpaired) electrons. The van der Waals surface area contributed by atoms with E-state index in [4.69, 9.17) is 17.3 Å². The van der Waals surface area contributed by atoms with E-state index in [1.807, 2.05) is 6.92 Å². The molecular formula is C14H11ClFNO. The maximum atomic E-state index is 12.9. The Morgan fingerprint density at radius 1 is 1.22 bits per heavy atom. The highest BCUT2D eigenvalue weighted by Gasteiger charge is 2.14. The van der Waals surface area contributed by atoms with Crippen molar-refractivity contribution in [3.8, 4) is 0 Å². The van der Waals surface area contributed by atoms with Gasteiger partial charge in [0.15, 0.2) is 5.78 Å². The number of hydrogen-bond donors (Lipinski definition) is 1. The van der Waals surface area contributed by atoms with Crippen LogP contribution in [-0.4, -0.2) is 5.78 Å². The molecule has 2 N–H and O–H groups in total. The number of halogens is 2. The molecule has 0 aromatic heterocycles. The predicted molar refractivity (Wildman–Crippen MR) is 70.4 cm³/mol. The number of anilines is 1. The first-order valence-corrected chi connectivity index (χ1v) is 5.72. The summed E-state index contributed by atoms with van der Waals surface area (Å²) in [5.74, 6) is -0.715. The fraction of sp³-hybridized carbons (Fsp3) is 0.0714. The van der Waals surface area contributed by atoms with Crippen LogP contribution in [0.1, 0.15) is 21.5 Å². The average Bonchev–Trinajstić information content (AvgIpc) is 2.32. The lowest BCUT2D eigenvalue weighted by Crippen LogP contribution is -2.03. The molecule has 0 aliphatic carbocycles. The Hall–Kier alpha value is -1.87. The predicted octanol–water partition coefficient (Wildman–Crippen LogP) is 3.60. The van der Waals surface area contributed by atoms with E-state index in [9.17, 15) is 9.18 Å². The molecule has 2 aromatic carbocycles. The van der Waals surface area contributed by atoms with Crippen LogP contribution in [0.25, 0.3) is 0 Å². The Balaban J connectivity index is 2.44.